The first-order chi connectivity index (χ1) is 10.4. The van der Waals surface area contributed by atoms with Crippen LogP contribution in [0, 0.1) is 5.92 Å². The zero-order chi connectivity index (χ0) is 16.1. The number of carbonyl (C=O) groups excluding carboxylic acids is 2. The van der Waals surface area contributed by atoms with E-state index in [9.17, 15) is 9.59 Å². The molecule has 1 aromatic carbocycles. The summed E-state index contributed by atoms with van der Waals surface area (Å²) in [5.74, 6) is 2.04. The van der Waals surface area contributed by atoms with E-state index in [2.05, 4.69) is 0 Å². The Morgan fingerprint density at radius 3 is 2.64 bits per heavy atom. The monoisotopic (exact) mass is 321 g/mol. The third kappa shape index (κ3) is 5.05. The van der Waals surface area contributed by atoms with E-state index >= 15 is 0 Å². The van der Waals surface area contributed by atoms with E-state index in [1.807, 2.05) is 43.0 Å². The molecule has 0 aromatic heterocycles. The van der Waals surface area contributed by atoms with Crippen LogP contribution in [0.15, 0.2) is 24.3 Å². The van der Waals surface area contributed by atoms with Crippen molar-refractivity contribution in [1.82, 2.24) is 4.90 Å². The molecule has 1 aliphatic rings. The van der Waals surface area contributed by atoms with Crippen LogP contribution in [0.4, 0.5) is 0 Å². The van der Waals surface area contributed by atoms with Gasteiger partial charge in [0.25, 0.3) is 0 Å². The number of amides is 1. The lowest BCUT2D eigenvalue weighted by Crippen LogP contribution is -2.24. The first-order valence-electron chi connectivity index (χ1n) is 7.60. The van der Waals surface area contributed by atoms with Gasteiger partial charge in [0, 0.05) is 32.2 Å². The number of benzene rings is 1. The maximum absolute atomic E-state index is 12.1. The number of thioether (sulfide) groups is 1. The van der Waals surface area contributed by atoms with Crippen molar-refractivity contribution in [3.8, 4) is 5.75 Å². The van der Waals surface area contributed by atoms with Crippen LogP contribution in [-0.4, -0.2) is 34.3 Å². The third-order valence-electron chi connectivity index (χ3n) is 3.49. The lowest BCUT2D eigenvalue weighted by atomic mass is 10.1. The first-order valence-corrected chi connectivity index (χ1v) is 8.59. The van der Waals surface area contributed by atoms with Crippen molar-refractivity contribution in [3.05, 3.63) is 29.8 Å². The van der Waals surface area contributed by atoms with Gasteiger partial charge in [0.1, 0.15) is 5.75 Å². The van der Waals surface area contributed by atoms with E-state index in [4.69, 9.17) is 4.74 Å². The molecule has 0 N–H and O–H groups in total. The molecule has 1 atom stereocenters. The summed E-state index contributed by atoms with van der Waals surface area (Å²) in [5.41, 5.74) is 1.10. The zero-order valence-electron chi connectivity index (χ0n) is 13.4. The Labute approximate surface area is 136 Å². The molecule has 1 amide bonds. The van der Waals surface area contributed by atoms with E-state index in [0.717, 1.165) is 23.6 Å². The summed E-state index contributed by atoms with van der Waals surface area (Å²) in [4.78, 5) is 24.9. The Morgan fingerprint density at radius 1 is 1.36 bits per heavy atom. The Hall–Kier alpha value is -1.49. The molecule has 1 fully saturated rings. The van der Waals surface area contributed by atoms with Crippen molar-refractivity contribution >= 4 is 22.8 Å². The van der Waals surface area contributed by atoms with E-state index in [0.29, 0.717) is 13.0 Å². The highest BCUT2D eigenvalue weighted by Crippen LogP contribution is 2.24. The van der Waals surface area contributed by atoms with Crippen molar-refractivity contribution in [2.75, 3.05) is 12.3 Å². The zero-order valence-corrected chi connectivity index (χ0v) is 14.2. The number of ether oxygens (including phenoxy) is 1. The van der Waals surface area contributed by atoms with Crippen LogP contribution in [-0.2, 0) is 16.1 Å². The Balaban J connectivity index is 1.87. The normalized spacial score (nSPS) is 18.1. The van der Waals surface area contributed by atoms with Gasteiger partial charge in [-0.3, -0.25) is 9.59 Å². The fraction of sp³-hybridized carbons (Fsp3) is 0.529. The van der Waals surface area contributed by atoms with Gasteiger partial charge >= 0.3 is 0 Å². The van der Waals surface area contributed by atoms with Crippen LogP contribution >= 0.6 is 11.8 Å². The first kappa shape index (κ1) is 16.9. The maximum atomic E-state index is 12.1. The minimum atomic E-state index is 0.117. The van der Waals surface area contributed by atoms with Crippen molar-refractivity contribution in [1.29, 1.82) is 0 Å². The third-order valence-corrected chi connectivity index (χ3v) is 4.53. The number of likely N-dealkylation sites (tertiary alicyclic amines) is 1. The van der Waals surface area contributed by atoms with Crippen molar-refractivity contribution in [3.63, 3.8) is 0 Å². The van der Waals surface area contributed by atoms with Gasteiger partial charge in [0.05, 0.1) is 6.10 Å². The van der Waals surface area contributed by atoms with Gasteiger partial charge in [-0.15, -0.1) is 0 Å². The molecule has 22 heavy (non-hydrogen) atoms. The molecule has 0 aliphatic carbocycles. The standard InChI is InChI=1S/C17H23NO3S/c1-12(2)21-16-6-4-14(5-7-16)9-18-10-15(8-17(18)20)11-22-13(3)19/h4-7,12,15H,8-11H2,1-3H3. The summed E-state index contributed by atoms with van der Waals surface area (Å²) in [6.07, 6.45) is 0.708. The van der Waals surface area contributed by atoms with Crippen LogP contribution in [0.3, 0.4) is 0 Å². The van der Waals surface area contributed by atoms with Crippen LogP contribution < -0.4 is 4.74 Å². The topological polar surface area (TPSA) is 46.6 Å². The number of nitrogens with zero attached hydrogens (tertiary/aromatic N) is 1. The minimum absolute atomic E-state index is 0.117. The summed E-state index contributed by atoms with van der Waals surface area (Å²) < 4.78 is 5.62. The average Bonchev–Trinajstić information content (AvgIpc) is 2.79. The number of carbonyl (C=O) groups is 2. The second-order valence-electron chi connectivity index (χ2n) is 5.96. The predicted molar refractivity (Wildman–Crippen MR) is 88.9 cm³/mol. The van der Waals surface area contributed by atoms with Crippen LogP contribution in [0.25, 0.3) is 0 Å². The lowest BCUT2D eigenvalue weighted by molar-refractivity contribution is -0.128. The molecule has 0 saturated carbocycles. The minimum Gasteiger partial charge on any atom is -0.491 e. The fourth-order valence-corrected chi connectivity index (χ4v) is 3.21. The van der Waals surface area contributed by atoms with E-state index in [-0.39, 0.29) is 23.0 Å². The van der Waals surface area contributed by atoms with E-state index in [1.165, 1.54) is 11.8 Å². The molecule has 120 valence electrons. The van der Waals surface area contributed by atoms with Gasteiger partial charge in [-0.2, -0.15) is 0 Å². The molecule has 4 nitrogen and oxygen atoms in total. The second-order valence-corrected chi connectivity index (χ2v) is 7.15. The van der Waals surface area contributed by atoms with Gasteiger partial charge in [-0.1, -0.05) is 23.9 Å². The Morgan fingerprint density at radius 2 is 2.05 bits per heavy atom. The Bertz CT molecular complexity index is 527. The quantitative estimate of drug-likeness (QED) is 0.808. The molecule has 0 radical (unpaired) electrons. The fourth-order valence-electron chi connectivity index (χ4n) is 2.52. The summed E-state index contributed by atoms with van der Waals surface area (Å²) >= 11 is 1.31. The highest BCUT2D eigenvalue weighted by Gasteiger charge is 2.29. The SMILES string of the molecule is CC(=O)SCC1CC(=O)N(Cc2ccc(OC(C)C)cc2)C1. The molecule has 2 rings (SSSR count). The summed E-state index contributed by atoms with van der Waals surface area (Å²) in [6.45, 7) is 6.93. The van der Waals surface area contributed by atoms with Gasteiger partial charge in [0.2, 0.25) is 5.91 Å². The van der Waals surface area contributed by atoms with Crippen LogP contribution in [0.5, 0.6) is 5.75 Å². The van der Waals surface area contributed by atoms with Gasteiger partial charge in [-0.25, -0.2) is 0 Å². The molecule has 1 unspecified atom stereocenters. The highest BCUT2D eigenvalue weighted by atomic mass is 32.2. The maximum Gasteiger partial charge on any atom is 0.223 e. The molecule has 5 heteroatoms. The predicted octanol–water partition coefficient (Wildman–Crippen LogP) is 3.10. The van der Waals surface area contributed by atoms with Gasteiger partial charge in [-0.05, 0) is 37.5 Å². The smallest absolute Gasteiger partial charge is 0.223 e. The highest BCUT2D eigenvalue weighted by molar-refractivity contribution is 8.13. The van der Waals surface area contributed by atoms with Gasteiger partial charge in [0.15, 0.2) is 5.12 Å². The molecule has 0 spiro atoms. The number of rotatable bonds is 6. The lowest BCUT2D eigenvalue weighted by Gasteiger charge is -2.17. The van der Waals surface area contributed by atoms with Crippen LogP contribution in [0.1, 0.15) is 32.8 Å². The summed E-state index contributed by atoms with van der Waals surface area (Å²) in [5, 5.41) is 0.117. The van der Waals surface area contributed by atoms with E-state index in [1.54, 1.807) is 6.92 Å². The van der Waals surface area contributed by atoms with Crippen LogP contribution in [0.2, 0.25) is 0 Å². The average molecular weight is 321 g/mol. The summed E-state index contributed by atoms with van der Waals surface area (Å²) in [7, 11) is 0. The molecule has 0 bridgehead atoms. The Kier molecular flexibility index (Phi) is 5.89. The second kappa shape index (κ2) is 7.68. The molecule has 1 aromatic rings. The molecule has 1 aliphatic heterocycles. The van der Waals surface area contributed by atoms with Crippen molar-refractivity contribution in [2.45, 2.75) is 39.8 Å². The molecule has 1 saturated heterocycles. The molecular formula is C17H23NO3S. The summed E-state index contributed by atoms with van der Waals surface area (Å²) in [6, 6.07) is 7.89. The van der Waals surface area contributed by atoms with Gasteiger partial charge < -0.3 is 9.64 Å². The largest absolute Gasteiger partial charge is 0.491 e. The van der Waals surface area contributed by atoms with Crippen molar-refractivity contribution < 1.29 is 14.3 Å². The number of hydrogen-bond acceptors (Lipinski definition) is 4. The molecular weight excluding hydrogens is 298 g/mol. The molecule has 1 heterocycles. The van der Waals surface area contributed by atoms with E-state index < -0.39 is 0 Å². The van der Waals surface area contributed by atoms with Crippen molar-refractivity contribution in [2.24, 2.45) is 5.92 Å². The number of hydrogen-bond donors (Lipinski definition) is 0.